The van der Waals surface area contributed by atoms with Crippen molar-refractivity contribution in [2.45, 2.75) is 33.2 Å². The van der Waals surface area contributed by atoms with Gasteiger partial charge in [0.25, 0.3) is 0 Å². The average molecular weight is 331 g/mol. The Bertz CT molecular complexity index is 694. The summed E-state index contributed by atoms with van der Waals surface area (Å²) in [6.45, 7) is 6.52. The van der Waals surface area contributed by atoms with Gasteiger partial charge in [0.05, 0.1) is 6.54 Å². The molecule has 1 saturated heterocycles. The summed E-state index contributed by atoms with van der Waals surface area (Å²) in [4.78, 5) is 11.3. The minimum Gasteiger partial charge on any atom is -0.465 e. The average Bonchev–Trinajstić information content (AvgIpc) is 3.16. The Morgan fingerprint density at radius 3 is 2.74 bits per heavy atom. The fraction of sp³-hybridized carbons (Fsp3) is 0.438. The minimum absolute atomic E-state index is 0.483. The van der Waals surface area contributed by atoms with Gasteiger partial charge in [-0.2, -0.15) is 4.98 Å². The maximum Gasteiger partial charge on any atom is 0.231 e. The van der Waals surface area contributed by atoms with Crippen LogP contribution in [-0.2, 0) is 6.54 Å². The molecular weight excluding hydrogens is 310 g/mol. The van der Waals surface area contributed by atoms with Gasteiger partial charge in [0.15, 0.2) is 5.11 Å². The van der Waals surface area contributed by atoms with E-state index in [-0.39, 0.29) is 0 Å². The largest absolute Gasteiger partial charge is 0.465 e. The molecule has 0 bridgehead atoms. The highest BCUT2D eigenvalue weighted by molar-refractivity contribution is 7.80. The number of nitrogens with one attached hydrogen (secondary N) is 2. The Morgan fingerprint density at radius 2 is 2.04 bits per heavy atom. The summed E-state index contributed by atoms with van der Waals surface area (Å²) in [6.07, 6.45) is 2.43. The minimum atomic E-state index is 0.483. The lowest BCUT2D eigenvalue weighted by Crippen LogP contribution is -2.29. The Morgan fingerprint density at radius 1 is 1.26 bits per heavy atom. The van der Waals surface area contributed by atoms with Gasteiger partial charge in [-0.25, -0.2) is 4.98 Å². The third kappa shape index (κ3) is 4.19. The van der Waals surface area contributed by atoms with E-state index in [1.54, 1.807) is 0 Å². The molecule has 2 aromatic rings. The molecule has 0 aliphatic carbocycles. The van der Waals surface area contributed by atoms with Crippen molar-refractivity contribution < 1.29 is 4.42 Å². The van der Waals surface area contributed by atoms with Gasteiger partial charge < -0.3 is 20.0 Å². The highest BCUT2D eigenvalue weighted by Crippen LogP contribution is 2.19. The molecule has 0 saturated carbocycles. The molecule has 1 aliphatic rings. The maximum atomic E-state index is 5.50. The standard InChI is InChI=1S/C16H21N5OS/c1-11-9-14(21-7-3-4-8-21)19-15(18-11)20-16(23)17-10-13-6-5-12(2)22-13/h5-6,9H,3-4,7-8,10H2,1-2H3,(H2,17,18,19,20,23). The van der Waals surface area contributed by atoms with Crippen LogP contribution in [-0.4, -0.2) is 28.2 Å². The van der Waals surface area contributed by atoms with Crippen molar-refractivity contribution >= 4 is 29.1 Å². The lowest BCUT2D eigenvalue weighted by molar-refractivity contribution is 0.478. The molecule has 0 radical (unpaired) electrons. The quantitative estimate of drug-likeness (QED) is 0.835. The van der Waals surface area contributed by atoms with Crippen molar-refractivity contribution in [1.82, 2.24) is 15.3 Å². The molecule has 0 spiro atoms. The van der Waals surface area contributed by atoms with E-state index in [0.717, 1.165) is 36.1 Å². The Hall–Kier alpha value is -2.15. The molecule has 23 heavy (non-hydrogen) atoms. The van der Waals surface area contributed by atoms with Crippen LogP contribution in [0.25, 0.3) is 0 Å². The summed E-state index contributed by atoms with van der Waals surface area (Å²) >= 11 is 5.31. The van der Waals surface area contributed by atoms with Gasteiger partial charge in [0, 0.05) is 24.8 Å². The molecule has 1 fully saturated rings. The summed E-state index contributed by atoms with van der Waals surface area (Å²) < 4.78 is 5.50. The number of nitrogens with zero attached hydrogens (tertiary/aromatic N) is 3. The van der Waals surface area contributed by atoms with Crippen molar-refractivity contribution in [3.63, 3.8) is 0 Å². The summed E-state index contributed by atoms with van der Waals surface area (Å²) in [5.41, 5.74) is 0.925. The SMILES string of the molecule is Cc1cc(N2CCCC2)nc(NC(=S)NCc2ccc(C)o2)n1. The number of hydrogen-bond donors (Lipinski definition) is 2. The molecule has 2 N–H and O–H groups in total. The summed E-state index contributed by atoms with van der Waals surface area (Å²) in [5, 5.41) is 6.64. The fourth-order valence-corrected chi connectivity index (χ4v) is 2.77. The van der Waals surface area contributed by atoms with Crippen LogP contribution in [0.4, 0.5) is 11.8 Å². The van der Waals surface area contributed by atoms with E-state index in [9.17, 15) is 0 Å². The van der Waals surface area contributed by atoms with Gasteiger partial charge in [0.2, 0.25) is 5.95 Å². The van der Waals surface area contributed by atoms with E-state index < -0.39 is 0 Å². The van der Waals surface area contributed by atoms with Crippen molar-refractivity contribution in [1.29, 1.82) is 0 Å². The van der Waals surface area contributed by atoms with Crippen LogP contribution in [0.5, 0.6) is 0 Å². The molecule has 3 rings (SSSR count). The normalized spacial score (nSPS) is 14.1. The summed E-state index contributed by atoms with van der Waals surface area (Å²) in [7, 11) is 0. The second kappa shape index (κ2) is 6.95. The Balaban J connectivity index is 1.61. The predicted molar refractivity (Wildman–Crippen MR) is 94.7 cm³/mol. The van der Waals surface area contributed by atoms with Crippen molar-refractivity contribution in [3.8, 4) is 0 Å². The number of hydrogen-bond acceptors (Lipinski definition) is 5. The topological polar surface area (TPSA) is 66.2 Å². The highest BCUT2D eigenvalue weighted by Gasteiger charge is 2.15. The lowest BCUT2D eigenvalue weighted by Gasteiger charge is -2.18. The summed E-state index contributed by atoms with van der Waals surface area (Å²) in [5.74, 6) is 3.22. The van der Waals surface area contributed by atoms with Crippen LogP contribution < -0.4 is 15.5 Å². The van der Waals surface area contributed by atoms with Crippen molar-refractivity contribution in [2.24, 2.45) is 0 Å². The number of furan rings is 1. The molecule has 2 aromatic heterocycles. The van der Waals surface area contributed by atoms with Gasteiger partial charge in [-0.05, 0) is 51.0 Å². The van der Waals surface area contributed by atoms with Crippen molar-refractivity contribution in [3.05, 3.63) is 35.4 Å². The first kappa shape index (κ1) is 15.7. The van der Waals surface area contributed by atoms with E-state index in [4.69, 9.17) is 16.6 Å². The van der Waals surface area contributed by atoms with E-state index in [0.29, 0.717) is 17.6 Å². The number of aromatic nitrogens is 2. The molecule has 1 aliphatic heterocycles. The van der Waals surface area contributed by atoms with Gasteiger partial charge in [-0.3, -0.25) is 0 Å². The van der Waals surface area contributed by atoms with Gasteiger partial charge in [-0.15, -0.1) is 0 Å². The van der Waals surface area contributed by atoms with E-state index in [1.807, 2.05) is 32.0 Å². The van der Waals surface area contributed by atoms with Crippen LogP contribution in [0.1, 0.15) is 30.1 Å². The second-order valence-electron chi connectivity index (χ2n) is 5.71. The molecule has 7 heteroatoms. The first-order chi connectivity index (χ1) is 11.1. The maximum absolute atomic E-state index is 5.50. The van der Waals surface area contributed by atoms with E-state index in [1.165, 1.54) is 12.8 Å². The fourth-order valence-electron chi connectivity index (χ4n) is 2.61. The second-order valence-corrected chi connectivity index (χ2v) is 6.11. The molecule has 0 amide bonds. The van der Waals surface area contributed by atoms with Crippen LogP contribution in [0.3, 0.4) is 0 Å². The summed E-state index contributed by atoms with van der Waals surface area (Å²) in [6, 6.07) is 5.87. The predicted octanol–water partition coefficient (Wildman–Crippen LogP) is 2.77. The molecule has 0 atom stereocenters. The molecule has 0 unspecified atom stereocenters. The third-order valence-corrected chi connectivity index (χ3v) is 3.96. The van der Waals surface area contributed by atoms with Gasteiger partial charge >= 0.3 is 0 Å². The zero-order chi connectivity index (χ0) is 16.2. The van der Waals surface area contributed by atoms with Crippen LogP contribution in [0.2, 0.25) is 0 Å². The van der Waals surface area contributed by atoms with Crippen LogP contribution >= 0.6 is 12.2 Å². The molecular formula is C16H21N5OS. The molecule has 0 aromatic carbocycles. The van der Waals surface area contributed by atoms with Gasteiger partial charge in [0.1, 0.15) is 17.3 Å². The first-order valence-electron chi connectivity index (χ1n) is 7.81. The zero-order valence-electron chi connectivity index (χ0n) is 13.4. The van der Waals surface area contributed by atoms with Crippen molar-refractivity contribution in [2.75, 3.05) is 23.3 Å². The highest BCUT2D eigenvalue weighted by atomic mass is 32.1. The van der Waals surface area contributed by atoms with E-state index >= 15 is 0 Å². The number of thiocarbonyl (C=S) groups is 1. The zero-order valence-corrected chi connectivity index (χ0v) is 14.2. The Kier molecular flexibility index (Phi) is 4.76. The number of aryl methyl sites for hydroxylation is 2. The smallest absolute Gasteiger partial charge is 0.231 e. The molecule has 3 heterocycles. The van der Waals surface area contributed by atoms with Crippen LogP contribution in [0, 0.1) is 13.8 Å². The van der Waals surface area contributed by atoms with E-state index in [2.05, 4.69) is 25.5 Å². The van der Waals surface area contributed by atoms with Crippen LogP contribution in [0.15, 0.2) is 22.6 Å². The number of rotatable bonds is 4. The number of anilines is 2. The first-order valence-corrected chi connectivity index (χ1v) is 8.22. The lowest BCUT2D eigenvalue weighted by atomic mass is 10.4. The third-order valence-electron chi connectivity index (χ3n) is 3.72. The molecule has 6 nitrogen and oxygen atoms in total. The monoisotopic (exact) mass is 331 g/mol. The van der Waals surface area contributed by atoms with Gasteiger partial charge in [-0.1, -0.05) is 0 Å². The molecule has 122 valence electrons. The Labute approximate surface area is 141 Å².